The van der Waals surface area contributed by atoms with E-state index in [1.165, 1.54) is 7.11 Å². The number of carbonyl (C=O) groups is 3. The van der Waals surface area contributed by atoms with E-state index in [2.05, 4.69) is 54.8 Å². The molecule has 5 rings (SSSR count). The summed E-state index contributed by atoms with van der Waals surface area (Å²) in [4.78, 5) is 54.4. The molecule has 0 bridgehead atoms. The second-order valence-electron chi connectivity index (χ2n) is 11.3. The van der Waals surface area contributed by atoms with Crippen LogP contribution in [0, 0.1) is 5.92 Å². The largest absolute Gasteiger partial charge is 0.453 e. The maximum Gasteiger partial charge on any atom is 0.407 e. The van der Waals surface area contributed by atoms with E-state index in [-0.39, 0.29) is 23.8 Å². The van der Waals surface area contributed by atoms with Crippen molar-refractivity contribution in [3.8, 4) is 33.6 Å². The van der Waals surface area contributed by atoms with E-state index in [1.54, 1.807) is 12.4 Å². The first-order valence-corrected chi connectivity index (χ1v) is 15.0. The molecule has 44 heavy (non-hydrogen) atoms. The summed E-state index contributed by atoms with van der Waals surface area (Å²) in [6.45, 7) is 6.37. The van der Waals surface area contributed by atoms with Crippen molar-refractivity contribution in [3.63, 3.8) is 0 Å². The number of ether oxygens (including phenoxy) is 1. The van der Waals surface area contributed by atoms with E-state index in [9.17, 15) is 14.4 Å². The predicted molar refractivity (Wildman–Crippen MR) is 168 cm³/mol. The van der Waals surface area contributed by atoms with Crippen molar-refractivity contribution in [2.45, 2.75) is 58.5 Å². The minimum atomic E-state index is -0.672. The molecule has 2 atom stereocenters. The van der Waals surface area contributed by atoms with Gasteiger partial charge >= 0.3 is 6.09 Å². The Morgan fingerprint density at radius 3 is 2.11 bits per heavy atom. The molecule has 3 amide bonds. The second kappa shape index (κ2) is 13.6. The van der Waals surface area contributed by atoms with E-state index in [4.69, 9.17) is 4.74 Å². The number of aromatic amines is 2. The Kier molecular flexibility index (Phi) is 9.42. The maximum atomic E-state index is 13.4. The first-order chi connectivity index (χ1) is 21.3. The van der Waals surface area contributed by atoms with Crippen LogP contribution in [0.1, 0.15) is 58.3 Å². The third kappa shape index (κ3) is 6.82. The molecule has 4 aromatic rings. The summed E-state index contributed by atoms with van der Waals surface area (Å²) in [5.41, 5.74) is 5.80. The topological polar surface area (TPSA) is 145 Å². The van der Waals surface area contributed by atoms with Crippen LogP contribution >= 0.6 is 0 Å². The van der Waals surface area contributed by atoms with Gasteiger partial charge in [-0.25, -0.2) is 14.8 Å². The number of imidazole rings is 2. The van der Waals surface area contributed by atoms with Gasteiger partial charge < -0.3 is 24.9 Å². The normalized spacial score (nSPS) is 15.3. The van der Waals surface area contributed by atoms with E-state index in [1.807, 2.05) is 49.9 Å². The lowest BCUT2D eigenvalue weighted by atomic mass is 10.0. The predicted octanol–water partition coefficient (Wildman–Crippen LogP) is 5.92. The van der Waals surface area contributed by atoms with Crippen LogP contribution in [-0.2, 0) is 14.3 Å². The van der Waals surface area contributed by atoms with Crippen molar-refractivity contribution in [1.82, 2.24) is 30.2 Å². The average molecular weight is 598 g/mol. The van der Waals surface area contributed by atoms with Gasteiger partial charge in [0.1, 0.15) is 11.9 Å². The molecule has 1 aliphatic heterocycles. The molecule has 1 saturated heterocycles. The zero-order chi connectivity index (χ0) is 31.2. The molecule has 0 radical (unpaired) electrons. The number of rotatable bonds is 10. The minimum absolute atomic E-state index is 0.0565. The van der Waals surface area contributed by atoms with Crippen molar-refractivity contribution in [3.05, 3.63) is 66.7 Å². The summed E-state index contributed by atoms with van der Waals surface area (Å²) in [7, 11) is 1.29. The number of anilines is 1. The van der Waals surface area contributed by atoms with Gasteiger partial charge in [-0.1, -0.05) is 69.3 Å². The molecule has 2 unspecified atom stereocenters. The standard InChI is InChI=1S/C33H39N7O4/c1-5-7-28(41)38-32-35-19-26(37-32)24-15-11-22(12-16-24)21-9-13-23(14-10-21)25-18-34-30(36-25)27-8-6-17-40(27)31(42)29(20(2)3)39-33(43)44-4/h9-16,18-20,27,29H,5-8,17H2,1-4H3,(H,34,36)(H,39,43)(H2,35,37,38,41). The molecule has 2 aromatic carbocycles. The number of methoxy groups -OCH3 is 1. The van der Waals surface area contributed by atoms with Crippen molar-refractivity contribution in [2.75, 3.05) is 19.0 Å². The SMILES string of the molecule is CCCC(=O)Nc1ncc(-c2ccc(-c3ccc(-c4cnc(C5CCCN5C(=O)C(NC(=O)OC)C(C)C)[nH]4)cc3)cc2)[nH]1. The van der Waals surface area contributed by atoms with Gasteiger partial charge in [0.05, 0.1) is 36.9 Å². The molecular weight excluding hydrogens is 558 g/mol. The number of nitrogens with one attached hydrogen (secondary N) is 4. The molecule has 4 N–H and O–H groups in total. The summed E-state index contributed by atoms with van der Waals surface area (Å²) in [5, 5.41) is 5.47. The molecule has 0 spiro atoms. The minimum Gasteiger partial charge on any atom is -0.453 e. The summed E-state index contributed by atoms with van der Waals surface area (Å²) < 4.78 is 4.73. The zero-order valence-corrected chi connectivity index (χ0v) is 25.5. The van der Waals surface area contributed by atoms with Crippen LogP contribution < -0.4 is 10.6 Å². The highest BCUT2D eigenvalue weighted by Gasteiger charge is 2.37. The Balaban J connectivity index is 1.25. The Morgan fingerprint density at radius 1 is 0.932 bits per heavy atom. The number of H-pyrrole nitrogens is 2. The van der Waals surface area contributed by atoms with Gasteiger partial charge in [0, 0.05) is 13.0 Å². The molecule has 3 heterocycles. The smallest absolute Gasteiger partial charge is 0.407 e. The molecule has 2 aromatic heterocycles. The van der Waals surface area contributed by atoms with Crippen molar-refractivity contribution < 1.29 is 19.1 Å². The van der Waals surface area contributed by atoms with Gasteiger partial charge in [-0.3, -0.25) is 14.9 Å². The molecule has 0 aliphatic carbocycles. The van der Waals surface area contributed by atoms with E-state index in [0.717, 1.165) is 58.7 Å². The monoisotopic (exact) mass is 597 g/mol. The van der Waals surface area contributed by atoms with Crippen molar-refractivity contribution in [2.24, 2.45) is 5.92 Å². The van der Waals surface area contributed by atoms with Crippen LogP contribution in [0.3, 0.4) is 0 Å². The van der Waals surface area contributed by atoms with Gasteiger partial charge in [-0.05, 0) is 47.4 Å². The average Bonchev–Trinajstić information content (AvgIpc) is 3.81. The number of nitrogens with zero attached hydrogens (tertiary/aromatic N) is 3. The van der Waals surface area contributed by atoms with E-state index < -0.39 is 12.1 Å². The fourth-order valence-electron chi connectivity index (χ4n) is 5.48. The maximum absolute atomic E-state index is 13.4. The summed E-state index contributed by atoms with van der Waals surface area (Å²) >= 11 is 0. The van der Waals surface area contributed by atoms with Crippen molar-refractivity contribution in [1.29, 1.82) is 0 Å². The lowest BCUT2D eigenvalue weighted by molar-refractivity contribution is -0.135. The lowest BCUT2D eigenvalue weighted by Crippen LogP contribution is -2.51. The summed E-state index contributed by atoms with van der Waals surface area (Å²) in [6.07, 6.45) is 5.80. The molecule has 0 saturated carbocycles. The number of benzene rings is 2. The van der Waals surface area contributed by atoms with Gasteiger partial charge in [-0.2, -0.15) is 0 Å². The third-order valence-corrected chi connectivity index (χ3v) is 7.87. The Labute approximate surface area is 256 Å². The zero-order valence-electron chi connectivity index (χ0n) is 25.5. The lowest BCUT2D eigenvalue weighted by Gasteiger charge is -2.30. The van der Waals surface area contributed by atoms with E-state index in [0.29, 0.717) is 18.9 Å². The van der Waals surface area contributed by atoms with Gasteiger partial charge in [0.2, 0.25) is 17.8 Å². The number of amides is 3. The third-order valence-electron chi connectivity index (χ3n) is 7.87. The van der Waals surface area contributed by atoms with Crippen molar-refractivity contribution >= 4 is 23.9 Å². The Hall–Kier alpha value is -4.93. The highest BCUT2D eigenvalue weighted by molar-refractivity contribution is 5.89. The highest BCUT2D eigenvalue weighted by atomic mass is 16.5. The van der Waals surface area contributed by atoms with Crippen LogP contribution in [0.15, 0.2) is 60.9 Å². The molecular formula is C33H39N7O4. The second-order valence-corrected chi connectivity index (χ2v) is 11.3. The van der Waals surface area contributed by atoms with Gasteiger partial charge in [0.15, 0.2) is 0 Å². The first kappa shape index (κ1) is 30.5. The molecule has 1 aliphatic rings. The number of hydrogen-bond acceptors (Lipinski definition) is 6. The molecule has 11 nitrogen and oxygen atoms in total. The number of likely N-dealkylation sites (tertiary alicyclic amines) is 1. The van der Waals surface area contributed by atoms with Crippen LogP contribution in [-0.4, -0.2) is 62.4 Å². The van der Waals surface area contributed by atoms with E-state index >= 15 is 0 Å². The molecule has 1 fully saturated rings. The van der Waals surface area contributed by atoms with Gasteiger partial charge in [0.25, 0.3) is 0 Å². The molecule has 230 valence electrons. The number of alkyl carbamates (subject to hydrolysis) is 1. The highest BCUT2D eigenvalue weighted by Crippen LogP contribution is 2.33. The fraction of sp³-hybridized carbons (Fsp3) is 0.364. The molecule has 11 heteroatoms. The number of carbonyl (C=O) groups excluding carboxylic acids is 3. The van der Waals surface area contributed by atoms with Crippen LogP contribution in [0.4, 0.5) is 10.7 Å². The fourth-order valence-corrected chi connectivity index (χ4v) is 5.48. The number of aromatic nitrogens is 4. The Morgan fingerprint density at radius 2 is 1.52 bits per heavy atom. The first-order valence-electron chi connectivity index (χ1n) is 15.0. The van der Waals surface area contributed by atoms with Crippen LogP contribution in [0.2, 0.25) is 0 Å². The number of hydrogen-bond donors (Lipinski definition) is 4. The summed E-state index contributed by atoms with van der Waals surface area (Å²) in [6, 6.07) is 15.5. The van der Waals surface area contributed by atoms with Gasteiger partial charge in [-0.15, -0.1) is 0 Å². The summed E-state index contributed by atoms with van der Waals surface area (Å²) in [5.74, 6) is 0.903. The Bertz CT molecular complexity index is 1590. The van der Waals surface area contributed by atoms with Crippen LogP contribution in [0.25, 0.3) is 33.6 Å². The van der Waals surface area contributed by atoms with Crippen LogP contribution in [0.5, 0.6) is 0 Å². The quantitative estimate of drug-likeness (QED) is 0.179.